The summed E-state index contributed by atoms with van der Waals surface area (Å²) in [5.74, 6) is 0.348. The smallest absolute Gasteiger partial charge is 0.0914 e. The molecular formula is C24H27Br2ClN2O. The zero-order chi connectivity index (χ0) is 21.9. The summed E-state index contributed by atoms with van der Waals surface area (Å²) in [4.78, 5) is 0. The van der Waals surface area contributed by atoms with E-state index in [0.29, 0.717) is 12.5 Å². The topological polar surface area (TPSA) is 44.3 Å². The van der Waals surface area contributed by atoms with Gasteiger partial charge in [0.15, 0.2) is 0 Å². The Morgan fingerprint density at radius 2 is 1.10 bits per heavy atom. The lowest BCUT2D eigenvalue weighted by Gasteiger charge is -2.18. The third-order valence-corrected chi connectivity index (χ3v) is 5.91. The Hall–Kier alpha value is -1.21. The van der Waals surface area contributed by atoms with Gasteiger partial charge in [-0.2, -0.15) is 0 Å². The van der Waals surface area contributed by atoms with Gasteiger partial charge >= 0.3 is 0 Å². The molecule has 0 saturated heterocycles. The van der Waals surface area contributed by atoms with Crippen molar-refractivity contribution in [1.29, 1.82) is 0 Å². The molecule has 0 amide bonds. The van der Waals surface area contributed by atoms with Gasteiger partial charge in [-0.25, -0.2) is 0 Å². The summed E-state index contributed by atoms with van der Waals surface area (Å²) >= 11 is 12.7. The molecular weight excluding hydrogens is 528 g/mol. The second kappa shape index (κ2) is 13.3. The van der Waals surface area contributed by atoms with Crippen molar-refractivity contribution in [2.24, 2.45) is 0 Å². The lowest BCUT2D eigenvalue weighted by Crippen LogP contribution is -2.18. The molecule has 0 saturated carbocycles. The van der Waals surface area contributed by atoms with E-state index in [-0.39, 0.29) is 0 Å². The third kappa shape index (κ3) is 8.14. The largest absolute Gasteiger partial charge is 0.387 e. The highest BCUT2D eigenvalue weighted by molar-refractivity contribution is 9.10. The van der Waals surface area contributed by atoms with E-state index in [0.717, 1.165) is 26.1 Å². The van der Waals surface area contributed by atoms with Gasteiger partial charge in [0.1, 0.15) is 0 Å². The minimum absolute atomic E-state index is 0.348. The molecule has 2 unspecified atom stereocenters. The predicted molar refractivity (Wildman–Crippen MR) is 134 cm³/mol. The fourth-order valence-corrected chi connectivity index (χ4v) is 3.67. The monoisotopic (exact) mass is 552 g/mol. The summed E-state index contributed by atoms with van der Waals surface area (Å²) in [6, 6.07) is 24.2. The Balaban J connectivity index is 0.000000232. The Kier molecular flexibility index (Phi) is 11.1. The van der Waals surface area contributed by atoms with Crippen LogP contribution in [0.15, 0.2) is 81.7 Å². The van der Waals surface area contributed by atoms with Crippen molar-refractivity contribution in [1.82, 2.24) is 10.6 Å². The lowest BCUT2D eigenvalue weighted by atomic mass is 9.91. The molecule has 2 atom stereocenters. The van der Waals surface area contributed by atoms with Crippen LogP contribution in [0.4, 0.5) is 0 Å². The molecule has 0 aliphatic carbocycles. The number of aliphatic hydroxyl groups excluding tert-OH is 1. The van der Waals surface area contributed by atoms with Crippen LogP contribution < -0.4 is 10.6 Å². The van der Waals surface area contributed by atoms with Gasteiger partial charge < -0.3 is 15.7 Å². The van der Waals surface area contributed by atoms with Gasteiger partial charge in [0.2, 0.25) is 0 Å². The number of nitrogens with one attached hydrogen (secondary N) is 2. The molecule has 3 rings (SSSR count). The second-order valence-electron chi connectivity index (χ2n) is 6.84. The number of likely N-dealkylation sites (N-methyl/N-ethyl adjacent to an activating group) is 2. The maximum Gasteiger partial charge on any atom is 0.0914 e. The summed E-state index contributed by atoms with van der Waals surface area (Å²) in [5, 5.41) is 16.5. The number of hydrogen-bond acceptors (Lipinski definition) is 3. The van der Waals surface area contributed by atoms with Gasteiger partial charge in [0, 0.05) is 33.0 Å². The molecule has 0 fully saturated rings. The standard InChI is InChI=1S/C15H15BrClN.C9H12BrNO/c1-18-10-15(11-2-6-13(16)7-3-11)12-4-8-14(17)9-5-12;1-11-6-9(12)7-2-4-8(10)5-3-7/h2-9,15,18H,10H2,1H3;2-5,9,11-12H,6H2,1H3. The molecule has 0 bridgehead atoms. The minimum Gasteiger partial charge on any atom is -0.387 e. The zero-order valence-electron chi connectivity index (χ0n) is 17.1. The van der Waals surface area contributed by atoms with Crippen LogP contribution in [0.5, 0.6) is 0 Å². The normalized spacial score (nSPS) is 12.6. The Bertz CT molecular complexity index is 826. The molecule has 6 heteroatoms. The van der Waals surface area contributed by atoms with Crippen LogP contribution >= 0.6 is 43.5 Å². The van der Waals surface area contributed by atoms with E-state index in [4.69, 9.17) is 11.6 Å². The van der Waals surface area contributed by atoms with Crippen LogP contribution in [0.3, 0.4) is 0 Å². The van der Waals surface area contributed by atoms with E-state index in [1.165, 1.54) is 11.1 Å². The molecule has 0 heterocycles. The summed E-state index contributed by atoms with van der Waals surface area (Å²) in [7, 11) is 3.80. The summed E-state index contributed by atoms with van der Waals surface area (Å²) in [6.45, 7) is 1.49. The Labute approximate surface area is 201 Å². The first-order chi connectivity index (χ1) is 14.4. The van der Waals surface area contributed by atoms with Crippen LogP contribution in [0.25, 0.3) is 0 Å². The summed E-state index contributed by atoms with van der Waals surface area (Å²) in [5.41, 5.74) is 3.51. The molecule has 3 aromatic carbocycles. The van der Waals surface area contributed by atoms with Crippen molar-refractivity contribution >= 4 is 43.5 Å². The summed E-state index contributed by atoms with van der Waals surface area (Å²) < 4.78 is 2.13. The van der Waals surface area contributed by atoms with E-state index in [9.17, 15) is 5.11 Å². The van der Waals surface area contributed by atoms with Gasteiger partial charge in [-0.1, -0.05) is 79.9 Å². The number of hydrogen-bond donors (Lipinski definition) is 3. The number of halogens is 3. The molecule has 3 N–H and O–H groups in total. The van der Waals surface area contributed by atoms with E-state index in [2.05, 4.69) is 78.9 Å². The van der Waals surface area contributed by atoms with Crippen LogP contribution in [0.1, 0.15) is 28.7 Å². The first-order valence-corrected chi connectivity index (χ1v) is 11.6. The molecule has 0 spiro atoms. The maximum atomic E-state index is 9.53. The Morgan fingerprint density at radius 1 is 0.700 bits per heavy atom. The van der Waals surface area contributed by atoms with E-state index in [1.807, 2.05) is 50.5 Å². The van der Waals surface area contributed by atoms with Crippen molar-refractivity contribution in [3.63, 3.8) is 0 Å². The van der Waals surface area contributed by atoms with Crippen LogP contribution in [-0.2, 0) is 0 Å². The average molecular weight is 555 g/mol. The van der Waals surface area contributed by atoms with Crippen molar-refractivity contribution in [2.45, 2.75) is 12.0 Å². The highest BCUT2D eigenvalue weighted by atomic mass is 79.9. The lowest BCUT2D eigenvalue weighted by molar-refractivity contribution is 0.178. The molecule has 0 aromatic heterocycles. The van der Waals surface area contributed by atoms with Crippen molar-refractivity contribution in [2.75, 3.05) is 27.2 Å². The number of aliphatic hydroxyl groups is 1. The van der Waals surface area contributed by atoms with Crippen LogP contribution in [0, 0.1) is 0 Å². The fraction of sp³-hybridized carbons (Fsp3) is 0.250. The minimum atomic E-state index is -0.414. The van der Waals surface area contributed by atoms with Crippen molar-refractivity contribution < 1.29 is 5.11 Å². The van der Waals surface area contributed by atoms with Gasteiger partial charge in [0.25, 0.3) is 0 Å². The third-order valence-electron chi connectivity index (χ3n) is 4.61. The van der Waals surface area contributed by atoms with E-state index >= 15 is 0 Å². The fourth-order valence-electron chi connectivity index (χ4n) is 3.02. The quantitative estimate of drug-likeness (QED) is 0.328. The highest BCUT2D eigenvalue weighted by Gasteiger charge is 2.13. The summed E-state index contributed by atoms with van der Waals surface area (Å²) in [6.07, 6.45) is -0.414. The molecule has 30 heavy (non-hydrogen) atoms. The van der Waals surface area contributed by atoms with E-state index < -0.39 is 6.10 Å². The van der Waals surface area contributed by atoms with Crippen LogP contribution in [0.2, 0.25) is 5.02 Å². The van der Waals surface area contributed by atoms with Gasteiger partial charge in [-0.3, -0.25) is 0 Å². The van der Waals surface area contributed by atoms with Crippen LogP contribution in [-0.4, -0.2) is 32.3 Å². The highest BCUT2D eigenvalue weighted by Crippen LogP contribution is 2.26. The first-order valence-electron chi connectivity index (χ1n) is 9.68. The molecule has 0 radical (unpaired) electrons. The van der Waals surface area contributed by atoms with Crippen molar-refractivity contribution in [3.8, 4) is 0 Å². The Morgan fingerprint density at radius 3 is 1.53 bits per heavy atom. The SMILES string of the molecule is CNCC(O)c1ccc(Br)cc1.CNCC(c1ccc(Cl)cc1)c1ccc(Br)cc1. The molecule has 0 aliphatic heterocycles. The second-order valence-corrected chi connectivity index (χ2v) is 9.11. The molecule has 3 aromatic rings. The first kappa shape index (κ1) is 25.1. The van der Waals surface area contributed by atoms with Gasteiger partial charge in [-0.05, 0) is 67.2 Å². The molecule has 3 nitrogen and oxygen atoms in total. The van der Waals surface area contributed by atoms with Crippen molar-refractivity contribution in [3.05, 3.63) is 103 Å². The molecule has 0 aliphatic rings. The predicted octanol–water partition coefficient (Wildman–Crippen LogP) is 6.16. The van der Waals surface area contributed by atoms with E-state index in [1.54, 1.807) is 0 Å². The number of rotatable bonds is 7. The van der Waals surface area contributed by atoms with Gasteiger partial charge in [0.05, 0.1) is 6.10 Å². The van der Waals surface area contributed by atoms with Gasteiger partial charge in [-0.15, -0.1) is 0 Å². The average Bonchev–Trinajstić information content (AvgIpc) is 2.75. The zero-order valence-corrected chi connectivity index (χ0v) is 21.0. The maximum absolute atomic E-state index is 9.53. The molecule has 160 valence electrons. The number of benzene rings is 3.